The summed E-state index contributed by atoms with van der Waals surface area (Å²) in [4.78, 5) is 41.6. The van der Waals surface area contributed by atoms with Crippen molar-refractivity contribution in [2.75, 3.05) is 13.2 Å². The summed E-state index contributed by atoms with van der Waals surface area (Å²) in [5.41, 5.74) is 4.57. The molecule has 1 N–H and O–H groups in total. The molecular weight excluding hydrogens is 574 g/mol. The summed E-state index contributed by atoms with van der Waals surface area (Å²) in [5, 5.41) is 2.50. The number of rotatable bonds is 15. The van der Waals surface area contributed by atoms with Crippen molar-refractivity contribution in [3.05, 3.63) is 112 Å². The smallest absolute Gasteiger partial charge is 0.304 e. The highest BCUT2D eigenvalue weighted by Crippen LogP contribution is 2.30. The van der Waals surface area contributed by atoms with Gasteiger partial charge in [0.25, 0.3) is 15.9 Å². The molecule has 0 bridgehead atoms. The van der Waals surface area contributed by atoms with Crippen LogP contribution >= 0.6 is 0 Å². The molecule has 0 aliphatic rings. The van der Waals surface area contributed by atoms with Crippen molar-refractivity contribution in [1.82, 2.24) is 9.62 Å². The number of nitrogens with one attached hydrogen (secondary N) is 1. The lowest BCUT2D eigenvalue weighted by Gasteiger charge is -2.19. The molecule has 0 saturated heterocycles. The number of ketones is 1. The van der Waals surface area contributed by atoms with E-state index in [0.29, 0.717) is 16.3 Å². The van der Waals surface area contributed by atoms with Crippen molar-refractivity contribution < 1.29 is 22.8 Å². The van der Waals surface area contributed by atoms with E-state index in [9.17, 15) is 22.8 Å². The Morgan fingerprint density at radius 2 is 1.41 bits per heavy atom. The first-order valence-electron chi connectivity index (χ1n) is 14.9. The highest BCUT2D eigenvalue weighted by molar-refractivity contribution is 7.89. The number of nitrogens with zero attached hydrogens (tertiary/aromatic N) is 2. The molecule has 0 fully saturated rings. The van der Waals surface area contributed by atoms with Gasteiger partial charge in [0.05, 0.1) is 11.4 Å². The number of aryl methyl sites for hydroxylation is 2. The molecule has 3 rings (SSSR count). The topological polar surface area (TPSA) is 105 Å². The van der Waals surface area contributed by atoms with Crippen molar-refractivity contribution in [2.24, 2.45) is 5.92 Å². The van der Waals surface area contributed by atoms with Gasteiger partial charge < -0.3 is 5.32 Å². The SMILES string of the molecule is [C-]#[N+]CN(C(=O)CNC(=O)[C@@H](C)CCCCC)S(=O)(=O)c1ccc(C(=O)CC(c2ccc(C)cc2)c2ccc(C)cc2)cc1. The Labute approximate surface area is 261 Å². The van der Waals surface area contributed by atoms with Crippen molar-refractivity contribution in [1.29, 1.82) is 0 Å². The van der Waals surface area contributed by atoms with Gasteiger partial charge in [-0.3, -0.25) is 19.2 Å². The van der Waals surface area contributed by atoms with Crippen molar-refractivity contribution >= 4 is 27.6 Å². The van der Waals surface area contributed by atoms with E-state index in [0.717, 1.165) is 41.5 Å². The first-order valence-corrected chi connectivity index (χ1v) is 16.3. The van der Waals surface area contributed by atoms with Crippen LogP contribution in [0, 0.1) is 26.3 Å². The second-order valence-corrected chi connectivity index (χ2v) is 13.0. The Kier molecular flexibility index (Phi) is 12.4. The summed E-state index contributed by atoms with van der Waals surface area (Å²) < 4.78 is 27.2. The summed E-state index contributed by atoms with van der Waals surface area (Å²) >= 11 is 0. The predicted molar refractivity (Wildman–Crippen MR) is 171 cm³/mol. The number of sulfonamides is 1. The van der Waals surface area contributed by atoms with Gasteiger partial charge in [-0.1, -0.05) is 105 Å². The average Bonchev–Trinajstić information content (AvgIpc) is 3.02. The number of carbonyl (C=O) groups is 3. The zero-order valence-corrected chi connectivity index (χ0v) is 26.7. The number of hydrogen-bond acceptors (Lipinski definition) is 5. The molecule has 0 unspecified atom stereocenters. The van der Waals surface area contributed by atoms with E-state index in [1.165, 1.54) is 24.3 Å². The lowest BCUT2D eigenvalue weighted by atomic mass is 9.85. The molecule has 0 aliphatic carbocycles. The number of amides is 2. The number of benzene rings is 3. The third kappa shape index (κ3) is 9.10. The van der Waals surface area contributed by atoms with E-state index in [2.05, 4.69) is 17.1 Å². The molecule has 0 spiro atoms. The highest BCUT2D eigenvalue weighted by Gasteiger charge is 2.32. The maximum absolute atomic E-state index is 13.4. The zero-order chi connectivity index (χ0) is 32.3. The van der Waals surface area contributed by atoms with E-state index in [4.69, 9.17) is 6.57 Å². The van der Waals surface area contributed by atoms with Gasteiger partial charge in [-0.15, -0.1) is 0 Å². The minimum atomic E-state index is -4.40. The van der Waals surface area contributed by atoms with E-state index < -0.39 is 29.1 Å². The Morgan fingerprint density at radius 1 is 0.864 bits per heavy atom. The van der Waals surface area contributed by atoms with Gasteiger partial charge in [0, 0.05) is 23.8 Å². The maximum atomic E-state index is 13.4. The van der Waals surface area contributed by atoms with E-state index >= 15 is 0 Å². The van der Waals surface area contributed by atoms with Gasteiger partial charge in [-0.25, -0.2) is 15.0 Å². The number of carbonyl (C=O) groups excluding carboxylic acids is 3. The summed E-state index contributed by atoms with van der Waals surface area (Å²) in [6.45, 7) is 13.8. The fourth-order valence-electron chi connectivity index (χ4n) is 4.88. The van der Waals surface area contributed by atoms with E-state index in [1.54, 1.807) is 6.92 Å². The van der Waals surface area contributed by atoms with Crippen LogP contribution in [-0.4, -0.2) is 43.5 Å². The Bertz CT molecular complexity index is 1530. The molecule has 1 atom stereocenters. The number of Topliss-reactive ketones (excluding diaryl/α,β-unsaturated/α-hetero) is 1. The van der Waals surface area contributed by atoms with Crippen LogP contribution in [0.3, 0.4) is 0 Å². The molecular formula is C35H41N3O5S. The second kappa shape index (κ2) is 16.0. The molecule has 232 valence electrons. The molecule has 2 amide bonds. The van der Waals surface area contributed by atoms with E-state index in [1.807, 2.05) is 62.4 Å². The summed E-state index contributed by atoms with van der Waals surface area (Å²) in [6, 6.07) is 21.5. The third-order valence-corrected chi connectivity index (χ3v) is 9.46. The van der Waals surface area contributed by atoms with E-state index in [-0.39, 0.29) is 34.8 Å². The molecule has 0 aromatic heterocycles. The molecule has 0 radical (unpaired) electrons. The standard InChI is InChI=1S/C35H41N3O5S/c1-6-7-8-9-27(4)35(41)37-23-34(40)38(24-36-5)44(42,43)31-20-18-30(19-21-31)33(39)22-32(28-14-10-25(2)11-15-28)29-16-12-26(3)13-17-29/h10-21,27,32H,6-9,22-24H2,1-4H3,(H,37,41)/t27-/m0/s1. The zero-order valence-electron chi connectivity index (χ0n) is 25.9. The maximum Gasteiger partial charge on any atom is 0.304 e. The molecule has 3 aromatic carbocycles. The van der Waals surface area contributed by atoms with Crippen LogP contribution in [0.5, 0.6) is 0 Å². The van der Waals surface area contributed by atoms with Crippen molar-refractivity contribution in [3.63, 3.8) is 0 Å². The lowest BCUT2D eigenvalue weighted by Crippen LogP contribution is -2.44. The molecule has 0 saturated carbocycles. The molecule has 44 heavy (non-hydrogen) atoms. The van der Waals surface area contributed by atoms with Crippen LogP contribution < -0.4 is 5.32 Å². The largest absolute Gasteiger partial charge is 0.347 e. The summed E-state index contributed by atoms with van der Waals surface area (Å²) in [5.74, 6) is -1.92. The van der Waals surface area contributed by atoms with Gasteiger partial charge in [0.15, 0.2) is 5.78 Å². The first kappa shape index (κ1) is 34.2. The number of unbranched alkanes of at least 4 members (excludes halogenated alkanes) is 2. The van der Waals surface area contributed by atoms with Gasteiger partial charge in [-0.2, -0.15) is 4.31 Å². The van der Waals surface area contributed by atoms with Crippen LogP contribution in [-0.2, 0) is 19.6 Å². The van der Waals surface area contributed by atoms with Gasteiger partial charge in [0.1, 0.15) is 0 Å². The normalized spacial score (nSPS) is 11.9. The fourth-order valence-corrected chi connectivity index (χ4v) is 6.16. The van der Waals surface area contributed by atoms with Crippen LogP contribution in [0.4, 0.5) is 0 Å². The van der Waals surface area contributed by atoms with Crippen LogP contribution in [0.15, 0.2) is 77.7 Å². The summed E-state index contributed by atoms with van der Waals surface area (Å²) in [7, 11) is -4.40. The Hall–Kier alpha value is -4.29. The van der Waals surface area contributed by atoms with Gasteiger partial charge in [0.2, 0.25) is 5.91 Å². The third-order valence-electron chi connectivity index (χ3n) is 7.69. The number of hydrogen-bond donors (Lipinski definition) is 1. The fraction of sp³-hybridized carbons (Fsp3) is 0.371. The molecule has 3 aromatic rings. The first-order chi connectivity index (χ1) is 21.0. The monoisotopic (exact) mass is 615 g/mol. The highest BCUT2D eigenvalue weighted by atomic mass is 32.2. The Balaban J connectivity index is 1.75. The Morgan fingerprint density at radius 3 is 1.91 bits per heavy atom. The van der Waals surface area contributed by atoms with Crippen LogP contribution in [0.25, 0.3) is 4.85 Å². The van der Waals surface area contributed by atoms with Gasteiger partial charge >= 0.3 is 6.67 Å². The molecule has 8 nitrogen and oxygen atoms in total. The van der Waals surface area contributed by atoms with Crippen molar-refractivity contribution in [2.45, 2.75) is 70.6 Å². The molecule has 0 aliphatic heterocycles. The second-order valence-electron chi connectivity index (χ2n) is 11.2. The predicted octanol–water partition coefficient (Wildman–Crippen LogP) is 6.44. The minimum absolute atomic E-state index is 0.162. The van der Waals surface area contributed by atoms with Crippen LogP contribution in [0.2, 0.25) is 0 Å². The summed E-state index contributed by atoms with van der Waals surface area (Å²) in [6.07, 6.45) is 3.75. The minimum Gasteiger partial charge on any atom is -0.347 e. The quantitative estimate of drug-likeness (QED) is 0.120. The van der Waals surface area contributed by atoms with Crippen molar-refractivity contribution in [3.8, 4) is 0 Å². The van der Waals surface area contributed by atoms with Crippen LogP contribution in [0.1, 0.15) is 84.5 Å². The average molecular weight is 616 g/mol. The molecule has 0 heterocycles. The van der Waals surface area contributed by atoms with Gasteiger partial charge in [-0.05, 0) is 43.5 Å². The lowest BCUT2D eigenvalue weighted by molar-refractivity contribution is -0.130. The molecule has 9 heteroatoms.